The summed E-state index contributed by atoms with van der Waals surface area (Å²) in [5, 5.41) is 10.6. The van der Waals surface area contributed by atoms with Gasteiger partial charge in [0.05, 0.1) is 0 Å². The molecule has 1 N–H and O–H groups in total. The third-order valence-corrected chi connectivity index (χ3v) is 5.45. The zero-order valence-corrected chi connectivity index (χ0v) is 13.2. The average molecular weight is 300 g/mol. The fraction of sp³-hybridized carbons (Fsp3) is 0.500. The van der Waals surface area contributed by atoms with Crippen molar-refractivity contribution in [1.82, 2.24) is 0 Å². The standard InChI is InChI=1S/C18H20O4/c1-9(2)11-4-5-18(3)13(11)7-12-14(22-18)6-10-8-21-17(20)15(10)16(12)19/h6,13,19H,4-5,7-8H2,1-3H3/t13-,18+/m1/s1. The number of rotatable bonds is 0. The third-order valence-electron chi connectivity index (χ3n) is 5.45. The van der Waals surface area contributed by atoms with Crippen molar-refractivity contribution in [3.8, 4) is 11.5 Å². The molecule has 3 aliphatic rings. The molecule has 1 aliphatic carbocycles. The number of hydrogen-bond donors (Lipinski definition) is 1. The van der Waals surface area contributed by atoms with Crippen LogP contribution >= 0.6 is 0 Å². The highest BCUT2D eigenvalue weighted by atomic mass is 16.5. The molecule has 1 aromatic carbocycles. The number of hydrogen-bond acceptors (Lipinski definition) is 4. The molecule has 1 saturated carbocycles. The van der Waals surface area contributed by atoms with Crippen molar-refractivity contribution < 1.29 is 19.4 Å². The molecule has 116 valence electrons. The SMILES string of the molecule is CC(C)=C1CC[C@]2(C)Oc3cc4c(c(O)c3C[C@H]12)C(=O)OC4. The Bertz CT molecular complexity index is 727. The maximum Gasteiger partial charge on any atom is 0.342 e. The van der Waals surface area contributed by atoms with Crippen molar-refractivity contribution in [2.24, 2.45) is 5.92 Å². The number of allylic oxidation sites excluding steroid dienone is 1. The van der Waals surface area contributed by atoms with Gasteiger partial charge in [-0.05, 0) is 46.1 Å². The molecule has 22 heavy (non-hydrogen) atoms. The van der Waals surface area contributed by atoms with Crippen LogP contribution < -0.4 is 4.74 Å². The first-order valence-electron chi connectivity index (χ1n) is 7.81. The molecule has 4 nitrogen and oxygen atoms in total. The minimum Gasteiger partial charge on any atom is -0.507 e. The topological polar surface area (TPSA) is 55.8 Å². The van der Waals surface area contributed by atoms with Crippen molar-refractivity contribution in [3.63, 3.8) is 0 Å². The minimum atomic E-state index is -0.433. The fourth-order valence-electron chi connectivity index (χ4n) is 4.20. The summed E-state index contributed by atoms with van der Waals surface area (Å²) >= 11 is 0. The van der Waals surface area contributed by atoms with E-state index < -0.39 is 5.97 Å². The second kappa shape index (κ2) is 4.28. The first kappa shape index (κ1) is 13.7. The van der Waals surface area contributed by atoms with Crippen molar-refractivity contribution in [3.05, 3.63) is 33.9 Å². The summed E-state index contributed by atoms with van der Waals surface area (Å²) in [6.07, 6.45) is 2.75. The van der Waals surface area contributed by atoms with Gasteiger partial charge >= 0.3 is 5.97 Å². The molecule has 0 saturated heterocycles. The average Bonchev–Trinajstić information content (AvgIpc) is 2.97. The van der Waals surface area contributed by atoms with E-state index in [0.717, 1.165) is 30.4 Å². The smallest absolute Gasteiger partial charge is 0.342 e. The van der Waals surface area contributed by atoms with Crippen LogP contribution in [0, 0.1) is 5.92 Å². The number of carbonyl (C=O) groups is 1. The quantitative estimate of drug-likeness (QED) is 0.588. The zero-order valence-electron chi connectivity index (χ0n) is 13.2. The van der Waals surface area contributed by atoms with Gasteiger partial charge in [-0.1, -0.05) is 11.1 Å². The molecule has 0 aromatic heterocycles. The van der Waals surface area contributed by atoms with Gasteiger partial charge in [0.2, 0.25) is 0 Å². The Morgan fingerprint density at radius 3 is 2.91 bits per heavy atom. The summed E-state index contributed by atoms with van der Waals surface area (Å²) in [7, 11) is 0. The van der Waals surface area contributed by atoms with Crippen molar-refractivity contribution in [2.75, 3.05) is 0 Å². The van der Waals surface area contributed by atoms with Crippen molar-refractivity contribution >= 4 is 5.97 Å². The molecule has 1 fully saturated rings. The lowest BCUT2D eigenvalue weighted by molar-refractivity contribution is 0.0397. The normalized spacial score (nSPS) is 28.6. The summed E-state index contributed by atoms with van der Waals surface area (Å²) < 4.78 is 11.3. The van der Waals surface area contributed by atoms with Crippen LogP contribution in [-0.2, 0) is 17.8 Å². The number of phenols is 1. The Kier molecular flexibility index (Phi) is 2.66. The second-order valence-corrected chi connectivity index (χ2v) is 7.01. The first-order valence-corrected chi connectivity index (χ1v) is 7.81. The minimum absolute atomic E-state index is 0.0528. The molecular weight excluding hydrogens is 280 g/mol. The van der Waals surface area contributed by atoms with Crippen LogP contribution in [0.4, 0.5) is 0 Å². The van der Waals surface area contributed by atoms with E-state index >= 15 is 0 Å². The number of phenolic OH excluding ortho intramolecular Hbond substituents is 1. The molecule has 0 radical (unpaired) electrons. The van der Waals surface area contributed by atoms with Crippen molar-refractivity contribution in [2.45, 2.75) is 52.2 Å². The van der Waals surface area contributed by atoms with E-state index in [1.807, 2.05) is 6.07 Å². The largest absolute Gasteiger partial charge is 0.507 e. The summed E-state index contributed by atoms with van der Waals surface area (Å²) in [6, 6.07) is 1.87. The number of cyclic esters (lactones) is 1. The molecule has 2 aliphatic heterocycles. The third kappa shape index (κ3) is 1.67. The Morgan fingerprint density at radius 2 is 2.18 bits per heavy atom. The van der Waals surface area contributed by atoms with Crippen LogP contribution in [0.5, 0.6) is 11.5 Å². The second-order valence-electron chi connectivity index (χ2n) is 7.01. The van der Waals surface area contributed by atoms with Gasteiger partial charge in [-0.15, -0.1) is 0 Å². The van der Waals surface area contributed by atoms with Crippen LogP contribution in [0.25, 0.3) is 0 Å². The van der Waals surface area contributed by atoms with E-state index in [2.05, 4.69) is 20.8 Å². The van der Waals surface area contributed by atoms with E-state index in [-0.39, 0.29) is 23.9 Å². The van der Waals surface area contributed by atoms with E-state index in [9.17, 15) is 9.90 Å². The Labute approximate surface area is 129 Å². The van der Waals surface area contributed by atoms with Crippen LogP contribution in [0.3, 0.4) is 0 Å². The van der Waals surface area contributed by atoms with Crippen LogP contribution in [0.1, 0.15) is 55.1 Å². The van der Waals surface area contributed by atoms with E-state index in [1.54, 1.807) is 0 Å². The van der Waals surface area contributed by atoms with E-state index in [4.69, 9.17) is 9.47 Å². The maximum atomic E-state index is 11.8. The maximum absolute atomic E-state index is 11.8. The predicted molar refractivity (Wildman–Crippen MR) is 81.1 cm³/mol. The number of esters is 1. The van der Waals surface area contributed by atoms with Gasteiger partial charge in [0.15, 0.2) is 0 Å². The monoisotopic (exact) mass is 300 g/mol. The number of aromatic hydroxyl groups is 1. The van der Waals surface area contributed by atoms with Crippen LogP contribution in [0.15, 0.2) is 17.2 Å². The van der Waals surface area contributed by atoms with Crippen molar-refractivity contribution in [1.29, 1.82) is 0 Å². The van der Waals surface area contributed by atoms with Gasteiger partial charge in [0.25, 0.3) is 0 Å². The number of fused-ring (bicyclic) bond motifs is 3. The lowest BCUT2D eigenvalue weighted by Crippen LogP contribution is -2.41. The Hall–Kier alpha value is -1.97. The number of benzene rings is 1. The summed E-state index contributed by atoms with van der Waals surface area (Å²) in [6.45, 7) is 6.65. The molecular formula is C18H20O4. The van der Waals surface area contributed by atoms with Gasteiger partial charge in [0.1, 0.15) is 29.3 Å². The molecule has 0 unspecified atom stereocenters. The van der Waals surface area contributed by atoms with E-state index in [1.165, 1.54) is 11.1 Å². The fourth-order valence-corrected chi connectivity index (χ4v) is 4.20. The molecule has 2 heterocycles. The summed E-state index contributed by atoms with van der Waals surface area (Å²) in [4.78, 5) is 11.8. The van der Waals surface area contributed by atoms with Crippen LogP contribution in [-0.4, -0.2) is 16.7 Å². The molecule has 0 bridgehead atoms. The molecule has 4 heteroatoms. The Morgan fingerprint density at radius 1 is 1.41 bits per heavy atom. The highest BCUT2D eigenvalue weighted by molar-refractivity contribution is 5.97. The summed E-state index contributed by atoms with van der Waals surface area (Å²) in [5.41, 5.74) is 4.34. The highest BCUT2D eigenvalue weighted by Gasteiger charge is 2.49. The first-order chi connectivity index (χ1) is 10.4. The van der Waals surface area contributed by atoms with Crippen LogP contribution in [0.2, 0.25) is 0 Å². The molecule has 0 amide bonds. The Balaban J connectivity index is 1.86. The van der Waals surface area contributed by atoms with Gasteiger partial charge in [-0.25, -0.2) is 4.79 Å². The molecule has 0 spiro atoms. The van der Waals surface area contributed by atoms with Gasteiger partial charge in [0, 0.05) is 17.0 Å². The summed E-state index contributed by atoms with van der Waals surface area (Å²) in [5.74, 6) is 0.601. The van der Waals surface area contributed by atoms with Gasteiger partial charge in [-0.3, -0.25) is 0 Å². The number of carbonyl (C=O) groups excluding carboxylic acids is 1. The molecule has 2 atom stereocenters. The molecule has 1 aromatic rings. The predicted octanol–water partition coefficient (Wildman–Crippen LogP) is 3.50. The van der Waals surface area contributed by atoms with Gasteiger partial charge < -0.3 is 14.6 Å². The lowest BCUT2D eigenvalue weighted by Gasteiger charge is -2.39. The highest BCUT2D eigenvalue weighted by Crippen LogP contribution is 2.53. The van der Waals surface area contributed by atoms with E-state index in [0.29, 0.717) is 11.3 Å². The zero-order chi connectivity index (χ0) is 15.6. The number of ether oxygens (including phenoxy) is 2. The van der Waals surface area contributed by atoms with Gasteiger partial charge in [-0.2, -0.15) is 0 Å². The molecule has 4 rings (SSSR count). The lowest BCUT2D eigenvalue weighted by atomic mass is 9.80.